The SMILES string of the molecule is CC1(C)C(C)(C)C1(CN)Cc1ccc(CCO)cc1. The van der Waals surface area contributed by atoms with Crippen LogP contribution in [0.4, 0.5) is 0 Å². The second-order valence-electron chi connectivity index (χ2n) is 7.00. The van der Waals surface area contributed by atoms with Crippen molar-refractivity contribution in [1.82, 2.24) is 0 Å². The van der Waals surface area contributed by atoms with E-state index in [0.717, 1.165) is 19.4 Å². The molecule has 0 amide bonds. The summed E-state index contributed by atoms with van der Waals surface area (Å²) < 4.78 is 0. The van der Waals surface area contributed by atoms with E-state index >= 15 is 0 Å². The third kappa shape index (κ3) is 1.93. The Morgan fingerprint density at radius 2 is 1.42 bits per heavy atom. The van der Waals surface area contributed by atoms with E-state index in [1.165, 1.54) is 11.1 Å². The molecule has 0 aliphatic heterocycles. The van der Waals surface area contributed by atoms with Gasteiger partial charge in [0.25, 0.3) is 0 Å². The molecule has 0 saturated heterocycles. The zero-order valence-electron chi connectivity index (χ0n) is 12.7. The summed E-state index contributed by atoms with van der Waals surface area (Å²) in [7, 11) is 0. The fourth-order valence-electron chi connectivity index (χ4n) is 3.87. The van der Waals surface area contributed by atoms with Crippen molar-refractivity contribution in [2.45, 2.75) is 40.5 Å². The Kier molecular flexibility index (Phi) is 3.53. The Hall–Kier alpha value is -0.860. The van der Waals surface area contributed by atoms with Gasteiger partial charge in [0.1, 0.15) is 0 Å². The molecule has 2 rings (SSSR count). The third-order valence-electron chi connectivity index (χ3n) is 6.17. The highest BCUT2D eigenvalue weighted by Gasteiger charge is 2.75. The molecule has 0 radical (unpaired) electrons. The van der Waals surface area contributed by atoms with Crippen molar-refractivity contribution in [3.05, 3.63) is 35.4 Å². The Bertz CT molecular complexity index is 431. The van der Waals surface area contributed by atoms with Gasteiger partial charge in [0.2, 0.25) is 0 Å². The normalized spacial score (nSPS) is 22.2. The maximum atomic E-state index is 8.94. The molecule has 106 valence electrons. The number of hydrogen-bond donors (Lipinski definition) is 2. The Morgan fingerprint density at radius 1 is 0.947 bits per heavy atom. The summed E-state index contributed by atoms with van der Waals surface area (Å²) in [6, 6.07) is 8.62. The van der Waals surface area contributed by atoms with Gasteiger partial charge in [0.05, 0.1) is 0 Å². The molecular weight excluding hydrogens is 234 g/mol. The fraction of sp³-hybridized carbons (Fsp3) is 0.647. The van der Waals surface area contributed by atoms with Crippen LogP contribution >= 0.6 is 0 Å². The van der Waals surface area contributed by atoms with Crippen molar-refractivity contribution in [2.24, 2.45) is 22.0 Å². The Balaban J connectivity index is 2.17. The first-order valence-electron chi connectivity index (χ1n) is 7.21. The van der Waals surface area contributed by atoms with E-state index in [1.807, 2.05) is 0 Å². The van der Waals surface area contributed by atoms with Crippen molar-refractivity contribution in [2.75, 3.05) is 13.2 Å². The van der Waals surface area contributed by atoms with Gasteiger partial charge in [-0.25, -0.2) is 0 Å². The van der Waals surface area contributed by atoms with Crippen molar-refractivity contribution in [1.29, 1.82) is 0 Å². The van der Waals surface area contributed by atoms with Gasteiger partial charge in [-0.15, -0.1) is 0 Å². The highest BCUT2D eigenvalue weighted by atomic mass is 16.2. The molecule has 0 atom stereocenters. The van der Waals surface area contributed by atoms with Gasteiger partial charge in [-0.3, -0.25) is 0 Å². The number of benzene rings is 1. The van der Waals surface area contributed by atoms with Crippen LogP contribution in [0.15, 0.2) is 24.3 Å². The van der Waals surface area contributed by atoms with Crippen molar-refractivity contribution < 1.29 is 5.11 Å². The monoisotopic (exact) mass is 261 g/mol. The van der Waals surface area contributed by atoms with Crippen LogP contribution in [0.5, 0.6) is 0 Å². The van der Waals surface area contributed by atoms with Crippen molar-refractivity contribution in [3.8, 4) is 0 Å². The minimum Gasteiger partial charge on any atom is -0.396 e. The van der Waals surface area contributed by atoms with Gasteiger partial charge >= 0.3 is 0 Å². The molecule has 3 N–H and O–H groups in total. The molecule has 2 nitrogen and oxygen atoms in total. The summed E-state index contributed by atoms with van der Waals surface area (Å²) in [4.78, 5) is 0. The maximum absolute atomic E-state index is 8.94. The maximum Gasteiger partial charge on any atom is 0.0471 e. The third-order valence-corrected chi connectivity index (χ3v) is 6.17. The van der Waals surface area contributed by atoms with Crippen molar-refractivity contribution >= 4 is 0 Å². The van der Waals surface area contributed by atoms with Crippen LogP contribution in [0.1, 0.15) is 38.8 Å². The zero-order valence-corrected chi connectivity index (χ0v) is 12.7. The van der Waals surface area contributed by atoms with E-state index in [1.54, 1.807) is 0 Å². The summed E-state index contributed by atoms with van der Waals surface area (Å²) in [6.45, 7) is 10.3. The standard InChI is InChI=1S/C17H27NO/c1-15(2)16(3,4)17(15,12-18)11-14-7-5-13(6-8-14)9-10-19/h5-8,19H,9-12,18H2,1-4H3. The summed E-state index contributed by atoms with van der Waals surface area (Å²) in [5, 5.41) is 8.94. The van der Waals surface area contributed by atoms with Crippen LogP contribution < -0.4 is 5.73 Å². The average Bonchev–Trinajstić information content (AvgIpc) is 2.70. The molecule has 0 unspecified atom stereocenters. The molecule has 2 heteroatoms. The highest BCUT2D eigenvalue weighted by molar-refractivity contribution is 5.31. The smallest absolute Gasteiger partial charge is 0.0471 e. The summed E-state index contributed by atoms with van der Waals surface area (Å²) in [5.41, 5.74) is 9.45. The van der Waals surface area contributed by atoms with E-state index in [0.29, 0.717) is 10.8 Å². The molecule has 1 aromatic rings. The van der Waals surface area contributed by atoms with Gasteiger partial charge in [-0.1, -0.05) is 52.0 Å². The molecule has 0 bridgehead atoms. The number of aliphatic hydroxyl groups excluding tert-OH is 1. The van der Waals surface area contributed by atoms with Crippen LogP contribution in [-0.4, -0.2) is 18.3 Å². The van der Waals surface area contributed by atoms with Gasteiger partial charge in [-0.05, 0) is 46.8 Å². The number of rotatable bonds is 5. The second kappa shape index (κ2) is 4.60. The zero-order chi connectivity index (χ0) is 14.3. The Labute approximate surface area is 117 Å². The number of aliphatic hydroxyl groups is 1. The fourth-order valence-corrected chi connectivity index (χ4v) is 3.87. The second-order valence-corrected chi connectivity index (χ2v) is 7.00. The van der Waals surface area contributed by atoms with Gasteiger partial charge in [0, 0.05) is 6.61 Å². The van der Waals surface area contributed by atoms with Crippen LogP contribution in [0, 0.1) is 16.2 Å². The lowest BCUT2D eigenvalue weighted by molar-refractivity contribution is 0.299. The molecule has 1 fully saturated rings. The van der Waals surface area contributed by atoms with E-state index in [4.69, 9.17) is 10.8 Å². The molecule has 1 aromatic carbocycles. The van der Waals surface area contributed by atoms with E-state index in [9.17, 15) is 0 Å². The summed E-state index contributed by atoms with van der Waals surface area (Å²) in [5.74, 6) is 0. The minimum absolute atomic E-state index is 0.207. The molecule has 19 heavy (non-hydrogen) atoms. The first-order valence-corrected chi connectivity index (χ1v) is 7.21. The average molecular weight is 261 g/mol. The van der Waals surface area contributed by atoms with Crippen LogP contribution in [0.25, 0.3) is 0 Å². The molecule has 0 heterocycles. The Morgan fingerprint density at radius 3 is 1.79 bits per heavy atom. The molecule has 1 aliphatic rings. The van der Waals surface area contributed by atoms with E-state index in [-0.39, 0.29) is 12.0 Å². The quantitative estimate of drug-likeness (QED) is 0.856. The molecular formula is C17H27NO. The number of hydrogen-bond acceptors (Lipinski definition) is 2. The predicted octanol–water partition coefficient (Wildman–Crippen LogP) is 2.78. The lowest BCUT2D eigenvalue weighted by atomic mass is 9.87. The van der Waals surface area contributed by atoms with Gasteiger partial charge in [-0.2, -0.15) is 0 Å². The predicted molar refractivity (Wildman–Crippen MR) is 80.0 cm³/mol. The van der Waals surface area contributed by atoms with Crippen LogP contribution in [0.3, 0.4) is 0 Å². The lowest BCUT2D eigenvalue weighted by Crippen LogP contribution is -2.25. The summed E-state index contributed by atoms with van der Waals surface area (Å²) in [6.07, 6.45) is 1.78. The number of nitrogens with two attached hydrogens (primary N) is 1. The first kappa shape index (κ1) is 14.5. The van der Waals surface area contributed by atoms with Crippen molar-refractivity contribution in [3.63, 3.8) is 0 Å². The topological polar surface area (TPSA) is 46.2 Å². The van der Waals surface area contributed by atoms with Crippen LogP contribution in [0.2, 0.25) is 0 Å². The van der Waals surface area contributed by atoms with E-state index < -0.39 is 0 Å². The highest BCUT2D eigenvalue weighted by Crippen LogP contribution is 2.78. The van der Waals surface area contributed by atoms with E-state index in [2.05, 4.69) is 52.0 Å². The molecule has 1 saturated carbocycles. The molecule has 0 aromatic heterocycles. The molecule has 1 aliphatic carbocycles. The van der Waals surface area contributed by atoms with Gasteiger partial charge < -0.3 is 10.8 Å². The largest absolute Gasteiger partial charge is 0.396 e. The first-order chi connectivity index (χ1) is 8.82. The lowest BCUT2D eigenvalue weighted by Gasteiger charge is -2.20. The van der Waals surface area contributed by atoms with Gasteiger partial charge in [0.15, 0.2) is 0 Å². The summed E-state index contributed by atoms with van der Waals surface area (Å²) >= 11 is 0. The van der Waals surface area contributed by atoms with Crippen LogP contribution in [-0.2, 0) is 12.8 Å². The molecule has 0 spiro atoms. The minimum atomic E-state index is 0.207.